The highest BCUT2D eigenvalue weighted by molar-refractivity contribution is 4.54. The van der Waals surface area contributed by atoms with E-state index in [0.717, 1.165) is 104 Å². The fourth-order valence-electron chi connectivity index (χ4n) is 8.26. The molecule has 0 aliphatic heterocycles. The van der Waals surface area contributed by atoms with Gasteiger partial charge in [-0.3, -0.25) is 0 Å². The van der Waals surface area contributed by atoms with Crippen LogP contribution in [-0.2, 0) is 42.6 Å². The van der Waals surface area contributed by atoms with Crippen molar-refractivity contribution in [3.05, 3.63) is 0 Å². The molecule has 0 heterocycles. The van der Waals surface area contributed by atoms with Crippen LogP contribution in [0, 0.1) is 0 Å². The maximum absolute atomic E-state index is 6.24. The smallest absolute Gasteiger partial charge is 0.157 e. The molecule has 0 rings (SSSR count). The van der Waals surface area contributed by atoms with Gasteiger partial charge >= 0.3 is 0 Å². The molecular weight excluding hydrogens is 841 g/mol. The van der Waals surface area contributed by atoms with Gasteiger partial charge in [-0.2, -0.15) is 0 Å². The number of ether oxygens (including phenoxy) is 9. The molecular formula is C58H118O9. The van der Waals surface area contributed by atoms with Crippen LogP contribution < -0.4 is 0 Å². The van der Waals surface area contributed by atoms with Crippen LogP contribution in [0.3, 0.4) is 0 Å². The first-order valence-electron chi connectivity index (χ1n) is 29.6. The zero-order valence-corrected chi connectivity index (χ0v) is 45.6. The van der Waals surface area contributed by atoms with E-state index in [-0.39, 0.29) is 26.2 Å². The second-order valence-corrected chi connectivity index (χ2v) is 19.4. The summed E-state index contributed by atoms with van der Waals surface area (Å²) in [6.07, 6.45) is 49.5. The molecule has 0 radical (unpaired) electrons. The molecule has 0 aromatic carbocycles. The molecule has 0 spiro atoms. The highest BCUT2D eigenvalue weighted by Gasteiger charge is 2.11. The van der Waals surface area contributed by atoms with Crippen LogP contribution in [0.15, 0.2) is 0 Å². The quantitative estimate of drug-likeness (QED) is 0.0437. The minimum absolute atomic E-state index is 0.156. The van der Waals surface area contributed by atoms with Gasteiger partial charge in [-0.05, 0) is 77.0 Å². The Morgan fingerprint density at radius 3 is 0.716 bits per heavy atom. The summed E-state index contributed by atoms with van der Waals surface area (Å²) < 4.78 is 53.8. The first kappa shape index (κ1) is 66.6. The Labute approximate surface area is 418 Å². The van der Waals surface area contributed by atoms with Gasteiger partial charge in [0, 0.05) is 39.6 Å². The molecule has 0 saturated carbocycles. The predicted molar refractivity (Wildman–Crippen MR) is 283 cm³/mol. The Balaban J connectivity index is 4.20. The largest absolute Gasteiger partial charge is 0.381 e. The van der Waals surface area contributed by atoms with E-state index in [2.05, 4.69) is 27.7 Å². The van der Waals surface area contributed by atoms with Gasteiger partial charge in [0.1, 0.15) is 13.6 Å². The molecule has 67 heavy (non-hydrogen) atoms. The maximum atomic E-state index is 6.24. The van der Waals surface area contributed by atoms with Gasteiger partial charge in [-0.15, -0.1) is 0 Å². The Kier molecular flexibility index (Phi) is 61.4. The highest BCUT2D eigenvalue weighted by Crippen LogP contribution is 2.15. The van der Waals surface area contributed by atoms with Crippen molar-refractivity contribution >= 4 is 0 Å². The molecule has 0 aliphatic rings. The standard InChI is InChI=1S/C58H118O9/c1-5-9-13-17-21-25-29-35-45-59-47-39-33-43-57(64-51-37-31-27-23-19-15-11-7-3)66-53-41-49-61-55-63-56-62-50-42-54-67-58(65-52-38-32-28-24-20-16-12-8-4)44-34-40-48-60-46-36-30-26-22-18-14-10-6-2/h57-58H,5-56H2,1-4H3. The van der Waals surface area contributed by atoms with E-state index in [4.69, 9.17) is 42.6 Å². The summed E-state index contributed by atoms with van der Waals surface area (Å²) in [5.41, 5.74) is 0. The van der Waals surface area contributed by atoms with Gasteiger partial charge < -0.3 is 42.6 Å². The second-order valence-electron chi connectivity index (χ2n) is 19.4. The minimum Gasteiger partial charge on any atom is -0.381 e. The molecule has 0 bridgehead atoms. The van der Waals surface area contributed by atoms with Crippen LogP contribution in [0.5, 0.6) is 0 Å². The molecule has 404 valence electrons. The highest BCUT2D eigenvalue weighted by atomic mass is 16.7. The molecule has 0 N–H and O–H groups in total. The fraction of sp³-hybridized carbons (Fsp3) is 1.00. The Bertz CT molecular complexity index is 785. The summed E-state index contributed by atoms with van der Waals surface area (Å²) >= 11 is 0. The lowest BCUT2D eigenvalue weighted by Gasteiger charge is -2.19. The molecule has 0 aliphatic carbocycles. The van der Waals surface area contributed by atoms with Gasteiger partial charge in [0.05, 0.1) is 26.4 Å². The molecule has 0 aromatic rings. The number of hydrogen-bond donors (Lipinski definition) is 0. The number of hydrogen-bond acceptors (Lipinski definition) is 9. The average molecular weight is 960 g/mol. The second kappa shape index (κ2) is 61.8. The van der Waals surface area contributed by atoms with Crippen LogP contribution in [0.4, 0.5) is 0 Å². The van der Waals surface area contributed by atoms with Crippen LogP contribution in [0.25, 0.3) is 0 Å². The Morgan fingerprint density at radius 1 is 0.194 bits per heavy atom. The lowest BCUT2D eigenvalue weighted by atomic mass is 10.1. The van der Waals surface area contributed by atoms with Gasteiger partial charge in [-0.1, -0.05) is 207 Å². The zero-order valence-electron chi connectivity index (χ0n) is 45.6. The van der Waals surface area contributed by atoms with Crippen molar-refractivity contribution in [3.63, 3.8) is 0 Å². The minimum atomic E-state index is -0.156. The van der Waals surface area contributed by atoms with Crippen molar-refractivity contribution in [1.29, 1.82) is 0 Å². The molecule has 2 unspecified atom stereocenters. The lowest BCUT2D eigenvalue weighted by molar-refractivity contribution is -0.160. The summed E-state index contributed by atoms with van der Waals surface area (Å²) in [7, 11) is 0. The van der Waals surface area contributed by atoms with E-state index >= 15 is 0 Å². The van der Waals surface area contributed by atoms with Crippen LogP contribution in [-0.4, -0.2) is 92.2 Å². The Hall–Kier alpha value is -0.360. The third kappa shape index (κ3) is 58.1. The van der Waals surface area contributed by atoms with Crippen molar-refractivity contribution in [1.82, 2.24) is 0 Å². The maximum Gasteiger partial charge on any atom is 0.157 e. The lowest BCUT2D eigenvalue weighted by Crippen LogP contribution is -2.20. The molecule has 0 aromatic heterocycles. The predicted octanol–water partition coefficient (Wildman–Crippen LogP) is 17.4. The van der Waals surface area contributed by atoms with Crippen molar-refractivity contribution in [2.24, 2.45) is 0 Å². The zero-order chi connectivity index (χ0) is 48.3. The average Bonchev–Trinajstić information content (AvgIpc) is 3.34. The normalized spacial score (nSPS) is 12.7. The fourth-order valence-corrected chi connectivity index (χ4v) is 8.26. The molecule has 9 nitrogen and oxygen atoms in total. The van der Waals surface area contributed by atoms with Gasteiger partial charge in [0.2, 0.25) is 0 Å². The SMILES string of the molecule is CCCCCCCCCCOCCCCC(OCCCCCCCCCC)OCCCOCOCOCCCOC(CCCCOCCCCCCCCCC)OCCCCCCCCCC. The van der Waals surface area contributed by atoms with Crippen molar-refractivity contribution in [2.75, 3.05) is 79.7 Å². The number of rotatable bonds is 62. The van der Waals surface area contributed by atoms with Gasteiger partial charge in [0.25, 0.3) is 0 Å². The van der Waals surface area contributed by atoms with E-state index in [1.54, 1.807) is 0 Å². The van der Waals surface area contributed by atoms with Crippen LogP contribution in [0.1, 0.15) is 285 Å². The first-order chi connectivity index (χ1) is 33.3. The van der Waals surface area contributed by atoms with Gasteiger partial charge in [0.15, 0.2) is 12.6 Å². The van der Waals surface area contributed by atoms with E-state index in [1.807, 2.05) is 0 Å². The molecule has 9 heteroatoms. The van der Waals surface area contributed by atoms with E-state index < -0.39 is 0 Å². The van der Waals surface area contributed by atoms with Crippen molar-refractivity contribution < 1.29 is 42.6 Å². The van der Waals surface area contributed by atoms with E-state index in [0.29, 0.717) is 26.4 Å². The topological polar surface area (TPSA) is 83.1 Å². The monoisotopic (exact) mass is 959 g/mol. The molecule has 0 fully saturated rings. The third-order valence-corrected chi connectivity index (χ3v) is 12.7. The summed E-state index contributed by atoms with van der Waals surface area (Å²) in [4.78, 5) is 0. The van der Waals surface area contributed by atoms with Gasteiger partial charge in [-0.25, -0.2) is 0 Å². The molecule has 0 amide bonds. The summed E-state index contributed by atoms with van der Waals surface area (Å²) in [5, 5.41) is 0. The summed E-state index contributed by atoms with van der Waals surface area (Å²) in [6.45, 7) is 16.9. The molecule has 0 saturated heterocycles. The summed E-state index contributed by atoms with van der Waals surface area (Å²) in [5.74, 6) is 0. The first-order valence-corrected chi connectivity index (χ1v) is 29.6. The van der Waals surface area contributed by atoms with Crippen LogP contribution >= 0.6 is 0 Å². The Morgan fingerprint density at radius 2 is 0.418 bits per heavy atom. The van der Waals surface area contributed by atoms with E-state index in [1.165, 1.54) is 193 Å². The van der Waals surface area contributed by atoms with Crippen LogP contribution in [0.2, 0.25) is 0 Å². The molecule has 2 atom stereocenters. The number of unbranched alkanes of at least 4 members (excludes halogenated alkanes) is 30. The van der Waals surface area contributed by atoms with Crippen molar-refractivity contribution in [3.8, 4) is 0 Å². The third-order valence-electron chi connectivity index (χ3n) is 12.7. The van der Waals surface area contributed by atoms with Crippen molar-refractivity contribution in [2.45, 2.75) is 297 Å². The summed E-state index contributed by atoms with van der Waals surface area (Å²) in [6, 6.07) is 0. The van der Waals surface area contributed by atoms with E-state index in [9.17, 15) is 0 Å².